The number of nitrogens with two attached hydrogens (primary N) is 3. The number of aliphatic hydroxyl groups is 2. The van der Waals surface area contributed by atoms with E-state index >= 15 is 0 Å². The van der Waals surface area contributed by atoms with Crippen LogP contribution in [0.2, 0.25) is 0 Å². The number of hydrogen-bond acceptors (Lipinski definition) is 11. The van der Waals surface area contributed by atoms with Crippen molar-refractivity contribution in [2.24, 2.45) is 29.0 Å². The van der Waals surface area contributed by atoms with Gasteiger partial charge in [0.25, 0.3) is 0 Å². The second-order valence-corrected chi connectivity index (χ2v) is 16.2. The molecule has 5 amide bonds. The van der Waals surface area contributed by atoms with Gasteiger partial charge < -0.3 is 43.4 Å². The summed E-state index contributed by atoms with van der Waals surface area (Å²) in [6.07, 6.45) is 0.837. The zero-order chi connectivity index (χ0) is 38.4. The molecule has 1 aromatic rings. The standard InChI is InChI=1S/C33H52N7O9P/c1-18(2)23(24(34)42)39-29(47)33(36,19(3)4)27(45)31(15-11-12-16-31)50(49)30(7,48)40-26(44)21(6)37-25(43)20(5)38-28(46)32(35,17-41)22-13-9-8-10-14-22/h8-10,13-14,18-21,23,41,48H,11-12,15-17,35-36H2,1-7H3,(H5-,34,37,38,39,40,42,43,44,46,47)/p+1/t20-,21-,23-,30?,32+,33+/m0/s1. The number of nitrogens with one attached hydrogen (secondary N) is 4. The predicted molar refractivity (Wildman–Crippen MR) is 185 cm³/mol. The SMILES string of the molecule is CC(C)[C@H](NC(=O)[C@](N)(C(=O)C1([P+](=O)C(C)(O)NC(=O)[C@H](C)NC(=O)[C@H](C)NC(=O)[C@@](N)(CO)c2ccccc2)CCCC1)C(C)C)C(N)=O. The van der Waals surface area contributed by atoms with Crippen LogP contribution in [-0.4, -0.2) is 86.4 Å². The molecule has 0 aliphatic heterocycles. The minimum absolute atomic E-state index is 0.00159. The third kappa shape index (κ3) is 8.72. The molecule has 0 saturated heterocycles. The highest BCUT2D eigenvalue weighted by atomic mass is 31.1. The topological polar surface area (TPSA) is 286 Å². The molecule has 1 aromatic carbocycles. The number of hydrogen-bond donors (Lipinski definition) is 9. The predicted octanol–water partition coefficient (Wildman–Crippen LogP) is -0.687. The van der Waals surface area contributed by atoms with Crippen LogP contribution in [0.3, 0.4) is 0 Å². The molecule has 12 N–H and O–H groups in total. The van der Waals surface area contributed by atoms with Gasteiger partial charge in [0, 0.05) is 19.8 Å². The van der Waals surface area contributed by atoms with Gasteiger partial charge in [0.2, 0.25) is 40.5 Å². The molecular weight excluding hydrogens is 669 g/mol. The largest absolute Gasteiger partial charge is 0.410 e. The van der Waals surface area contributed by atoms with Crippen LogP contribution in [0, 0.1) is 11.8 Å². The third-order valence-corrected chi connectivity index (χ3v) is 11.7. The van der Waals surface area contributed by atoms with Gasteiger partial charge in [0.15, 0.2) is 5.54 Å². The van der Waals surface area contributed by atoms with Crippen LogP contribution in [0.25, 0.3) is 0 Å². The smallest absolute Gasteiger partial charge is 0.394 e. The van der Waals surface area contributed by atoms with Crippen molar-refractivity contribution < 1.29 is 43.5 Å². The molecule has 0 heterocycles. The van der Waals surface area contributed by atoms with E-state index in [1.165, 1.54) is 27.7 Å². The second-order valence-electron chi connectivity index (χ2n) is 13.9. The summed E-state index contributed by atoms with van der Waals surface area (Å²) in [5.41, 5.74) is 11.8. The van der Waals surface area contributed by atoms with Crippen molar-refractivity contribution in [1.82, 2.24) is 21.3 Å². The highest BCUT2D eigenvalue weighted by Crippen LogP contribution is 2.58. The maximum absolute atomic E-state index is 14.4. The fraction of sp³-hybridized carbons (Fsp3) is 0.636. The van der Waals surface area contributed by atoms with E-state index in [0.717, 1.165) is 6.92 Å². The summed E-state index contributed by atoms with van der Waals surface area (Å²) in [4.78, 5) is 79.1. The molecule has 2 rings (SSSR count). The van der Waals surface area contributed by atoms with Crippen LogP contribution >= 0.6 is 7.80 Å². The Morgan fingerprint density at radius 1 is 0.860 bits per heavy atom. The number of Topliss-reactive ketones (excluding diaryl/α,β-unsaturated/α-hetero) is 1. The molecular formula is C33H53N7O9P+. The Kier molecular flexibility index (Phi) is 13.9. The van der Waals surface area contributed by atoms with E-state index in [2.05, 4.69) is 21.3 Å². The molecule has 1 fully saturated rings. The van der Waals surface area contributed by atoms with Crippen molar-refractivity contribution in [3.63, 3.8) is 0 Å². The molecule has 278 valence electrons. The number of carbonyl (C=O) groups is 6. The quantitative estimate of drug-likeness (QED) is 0.0551. The lowest BCUT2D eigenvalue weighted by Crippen LogP contribution is -2.69. The van der Waals surface area contributed by atoms with Gasteiger partial charge in [0.05, 0.1) is 6.61 Å². The first-order valence-corrected chi connectivity index (χ1v) is 17.8. The Labute approximate surface area is 293 Å². The Hall–Kier alpha value is -3.82. The summed E-state index contributed by atoms with van der Waals surface area (Å²) in [7, 11) is -3.08. The van der Waals surface area contributed by atoms with E-state index in [9.17, 15) is 43.5 Å². The molecule has 0 aromatic heterocycles. The first-order valence-electron chi connectivity index (χ1n) is 16.5. The first-order chi connectivity index (χ1) is 23.0. The molecule has 1 aliphatic carbocycles. The van der Waals surface area contributed by atoms with Gasteiger partial charge in [-0.1, -0.05) is 62.6 Å². The van der Waals surface area contributed by atoms with E-state index in [4.69, 9.17) is 17.2 Å². The van der Waals surface area contributed by atoms with Crippen molar-refractivity contribution >= 4 is 43.1 Å². The fourth-order valence-corrected chi connectivity index (χ4v) is 8.09. The lowest BCUT2D eigenvalue weighted by Gasteiger charge is -2.36. The lowest BCUT2D eigenvalue weighted by molar-refractivity contribution is -0.142. The maximum atomic E-state index is 14.4. The van der Waals surface area contributed by atoms with Crippen molar-refractivity contribution in [3.05, 3.63) is 35.9 Å². The second kappa shape index (κ2) is 16.5. The molecule has 0 radical (unpaired) electrons. The Morgan fingerprint density at radius 3 is 1.84 bits per heavy atom. The number of amides is 5. The van der Waals surface area contributed by atoms with Gasteiger partial charge in [-0.15, -0.1) is 0 Å². The van der Waals surface area contributed by atoms with Gasteiger partial charge in [-0.25, -0.2) is 0 Å². The number of rotatable bonds is 17. The van der Waals surface area contributed by atoms with Crippen molar-refractivity contribution in [3.8, 4) is 0 Å². The fourth-order valence-electron chi connectivity index (χ4n) is 5.96. The van der Waals surface area contributed by atoms with Gasteiger partial charge in [0.1, 0.15) is 23.7 Å². The average molecular weight is 723 g/mol. The Balaban J connectivity index is 2.24. The maximum Gasteiger partial charge on any atom is 0.410 e. The number of aliphatic hydroxyl groups excluding tert-OH is 1. The molecule has 7 atom stereocenters. The highest BCUT2D eigenvalue weighted by molar-refractivity contribution is 7.49. The van der Waals surface area contributed by atoms with Crippen LogP contribution in [0.1, 0.15) is 79.7 Å². The van der Waals surface area contributed by atoms with E-state index in [1.54, 1.807) is 44.2 Å². The molecule has 16 nitrogen and oxygen atoms in total. The lowest BCUT2D eigenvalue weighted by atomic mass is 9.76. The third-order valence-electron chi connectivity index (χ3n) is 9.36. The van der Waals surface area contributed by atoms with Crippen LogP contribution in [0.15, 0.2) is 30.3 Å². The van der Waals surface area contributed by atoms with Crippen LogP contribution in [0.4, 0.5) is 0 Å². The molecule has 17 heteroatoms. The Bertz CT molecular complexity index is 1470. The first kappa shape index (κ1) is 42.3. The van der Waals surface area contributed by atoms with Crippen molar-refractivity contribution in [2.45, 2.75) is 114 Å². The summed E-state index contributed by atoms with van der Waals surface area (Å²) < 4.78 is 14.2. The molecule has 0 bridgehead atoms. The van der Waals surface area contributed by atoms with Crippen LogP contribution in [-0.2, 0) is 38.9 Å². The highest BCUT2D eigenvalue weighted by Gasteiger charge is 2.70. The van der Waals surface area contributed by atoms with Gasteiger partial charge in [-0.3, -0.25) is 34.1 Å². The molecule has 1 aliphatic rings. The van der Waals surface area contributed by atoms with Crippen molar-refractivity contribution in [1.29, 1.82) is 0 Å². The molecule has 1 saturated carbocycles. The molecule has 0 spiro atoms. The monoisotopic (exact) mass is 722 g/mol. The van der Waals surface area contributed by atoms with Crippen LogP contribution in [0.5, 0.6) is 0 Å². The Morgan fingerprint density at radius 2 is 1.38 bits per heavy atom. The van der Waals surface area contributed by atoms with Gasteiger partial charge in [-0.05, 0) is 44.1 Å². The zero-order valence-corrected chi connectivity index (χ0v) is 30.6. The number of primary amides is 1. The van der Waals surface area contributed by atoms with E-state index in [-0.39, 0.29) is 12.8 Å². The zero-order valence-electron chi connectivity index (χ0n) is 29.7. The summed E-state index contributed by atoms with van der Waals surface area (Å²) >= 11 is 0. The molecule has 2 unspecified atom stereocenters. The number of carbonyl (C=O) groups excluding carboxylic acids is 6. The van der Waals surface area contributed by atoms with E-state index in [0.29, 0.717) is 18.4 Å². The number of ketones is 1. The van der Waals surface area contributed by atoms with Crippen molar-refractivity contribution in [2.75, 3.05) is 6.61 Å². The summed E-state index contributed by atoms with van der Waals surface area (Å²) in [5.74, 6) is -6.63. The average Bonchev–Trinajstić information content (AvgIpc) is 3.56. The summed E-state index contributed by atoms with van der Waals surface area (Å²) in [6.45, 7) is 9.24. The summed E-state index contributed by atoms with van der Waals surface area (Å²) in [6, 6.07) is 4.35. The number of benzene rings is 1. The van der Waals surface area contributed by atoms with Crippen LogP contribution < -0.4 is 38.5 Å². The van der Waals surface area contributed by atoms with E-state index in [1.807, 2.05) is 0 Å². The van der Waals surface area contributed by atoms with Gasteiger partial charge >= 0.3 is 13.3 Å². The summed E-state index contributed by atoms with van der Waals surface area (Å²) in [5, 5.41) is 29.0. The van der Waals surface area contributed by atoms with Gasteiger partial charge in [-0.2, -0.15) is 0 Å². The minimum Gasteiger partial charge on any atom is -0.394 e. The normalized spacial score (nSPS) is 19.8. The molecule has 50 heavy (non-hydrogen) atoms. The van der Waals surface area contributed by atoms with E-state index < -0.39 is 101 Å². The minimum atomic E-state index is -3.08.